The summed E-state index contributed by atoms with van der Waals surface area (Å²) in [6.07, 6.45) is 3.55. The van der Waals surface area contributed by atoms with Gasteiger partial charge in [-0.2, -0.15) is 5.10 Å². The number of fused-ring (bicyclic) bond motifs is 1. The van der Waals surface area contributed by atoms with Crippen LogP contribution >= 0.6 is 11.3 Å². The molecule has 0 amide bonds. The van der Waals surface area contributed by atoms with Gasteiger partial charge in [-0.15, -0.1) is 11.3 Å². The first-order valence-electron chi connectivity index (χ1n) is 9.67. The van der Waals surface area contributed by atoms with Gasteiger partial charge in [0.1, 0.15) is 11.0 Å². The number of nitrogens with one attached hydrogen (secondary N) is 1. The summed E-state index contributed by atoms with van der Waals surface area (Å²) in [6, 6.07) is 6.16. The van der Waals surface area contributed by atoms with E-state index >= 15 is 0 Å². The quantitative estimate of drug-likeness (QED) is 0.471. The molecule has 7 nitrogen and oxygen atoms in total. The molecule has 4 rings (SSSR count). The van der Waals surface area contributed by atoms with Gasteiger partial charge in [-0.1, -0.05) is 0 Å². The van der Waals surface area contributed by atoms with Crippen LogP contribution in [0.25, 0.3) is 22.3 Å². The molecule has 0 radical (unpaired) electrons. The molecule has 0 aliphatic heterocycles. The molecule has 0 saturated carbocycles. The molecular formula is C21H24N6OS. The molecule has 1 N–H and O–H groups in total. The summed E-state index contributed by atoms with van der Waals surface area (Å²) in [4.78, 5) is 14.8. The van der Waals surface area contributed by atoms with Gasteiger partial charge in [0.15, 0.2) is 0 Å². The monoisotopic (exact) mass is 408 g/mol. The van der Waals surface area contributed by atoms with Crippen molar-refractivity contribution in [3.05, 3.63) is 46.7 Å². The van der Waals surface area contributed by atoms with Crippen LogP contribution in [0.4, 0.5) is 5.69 Å². The predicted octanol–water partition coefficient (Wildman–Crippen LogP) is 4.85. The zero-order valence-electron chi connectivity index (χ0n) is 17.0. The molecule has 4 aromatic rings. The fourth-order valence-corrected chi connectivity index (χ4v) is 3.95. The summed E-state index contributed by atoms with van der Waals surface area (Å²) in [6.45, 7) is 9.46. The van der Waals surface area contributed by atoms with Crippen LogP contribution in [-0.2, 0) is 6.54 Å². The number of nitrogens with zero attached hydrogens (tertiary/aromatic N) is 5. The minimum Gasteiger partial charge on any atom is -0.477 e. The molecule has 4 aromatic heterocycles. The Morgan fingerprint density at radius 1 is 1.28 bits per heavy atom. The van der Waals surface area contributed by atoms with Crippen LogP contribution in [0.2, 0.25) is 0 Å². The maximum Gasteiger partial charge on any atom is 0.222 e. The lowest BCUT2D eigenvalue weighted by atomic mass is 10.1. The maximum absolute atomic E-state index is 5.72. The zero-order valence-corrected chi connectivity index (χ0v) is 17.8. The molecule has 0 fully saturated rings. The van der Waals surface area contributed by atoms with Crippen LogP contribution < -0.4 is 10.1 Å². The minimum atomic E-state index is 0.225. The van der Waals surface area contributed by atoms with Crippen LogP contribution in [-0.4, -0.2) is 31.3 Å². The Hall–Kier alpha value is -3.00. The van der Waals surface area contributed by atoms with Gasteiger partial charge in [-0.25, -0.2) is 15.0 Å². The Balaban J connectivity index is 1.82. The zero-order chi connectivity index (χ0) is 20.4. The number of hydrogen-bond acceptors (Lipinski definition) is 7. The lowest BCUT2D eigenvalue weighted by Crippen LogP contribution is -2.07. The highest BCUT2D eigenvalue weighted by molar-refractivity contribution is 7.09. The van der Waals surface area contributed by atoms with Gasteiger partial charge in [-0.05, 0) is 45.9 Å². The van der Waals surface area contributed by atoms with Gasteiger partial charge >= 0.3 is 0 Å². The highest BCUT2D eigenvalue weighted by atomic mass is 32.1. The van der Waals surface area contributed by atoms with Gasteiger partial charge in [0.2, 0.25) is 5.88 Å². The van der Waals surface area contributed by atoms with Crippen molar-refractivity contribution in [2.75, 3.05) is 11.9 Å². The lowest BCUT2D eigenvalue weighted by molar-refractivity contribution is 0.328. The highest BCUT2D eigenvalue weighted by Crippen LogP contribution is 2.33. The Morgan fingerprint density at radius 3 is 2.86 bits per heavy atom. The van der Waals surface area contributed by atoms with Crippen molar-refractivity contribution >= 4 is 28.1 Å². The maximum atomic E-state index is 5.72. The SMILES string of the molecule is CCOc1ncccc1-c1cc(NCc2scnc2C)c2c(cnn2C(C)C)n1. The summed E-state index contributed by atoms with van der Waals surface area (Å²) in [5.74, 6) is 0.586. The van der Waals surface area contributed by atoms with E-state index in [4.69, 9.17) is 9.72 Å². The molecule has 29 heavy (non-hydrogen) atoms. The predicted molar refractivity (Wildman–Crippen MR) is 116 cm³/mol. The second-order valence-corrected chi connectivity index (χ2v) is 7.91. The molecule has 8 heteroatoms. The van der Waals surface area contributed by atoms with Crippen molar-refractivity contribution in [2.24, 2.45) is 0 Å². The Morgan fingerprint density at radius 2 is 2.14 bits per heavy atom. The molecule has 0 aliphatic carbocycles. The normalized spacial score (nSPS) is 11.3. The first-order chi connectivity index (χ1) is 14.1. The van der Waals surface area contributed by atoms with E-state index in [0.29, 0.717) is 19.0 Å². The molecule has 0 bridgehead atoms. The number of ether oxygens (including phenoxy) is 1. The fourth-order valence-electron chi connectivity index (χ4n) is 3.24. The van der Waals surface area contributed by atoms with Crippen molar-refractivity contribution < 1.29 is 4.74 Å². The van der Waals surface area contributed by atoms with Crippen molar-refractivity contribution in [1.82, 2.24) is 24.7 Å². The Bertz CT molecular complexity index is 1130. The molecule has 0 unspecified atom stereocenters. The Kier molecular flexibility index (Phi) is 5.44. The third-order valence-corrected chi connectivity index (χ3v) is 5.59. The molecule has 0 aromatic carbocycles. The van der Waals surface area contributed by atoms with Crippen LogP contribution in [0.3, 0.4) is 0 Å². The van der Waals surface area contributed by atoms with Gasteiger partial charge in [0.05, 0.1) is 47.5 Å². The summed E-state index contributed by atoms with van der Waals surface area (Å²) in [5, 5.41) is 8.15. The third-order valence-electron chi connectivity index (χ3n) is 4.65. The molecule has 0 saturated heterocycles. The average Bonchev–Trinajstić information content (AvgIpc) is 3.33. The lowest BCUT2D eigenvalue weighted by Gasteiger charge is -2.15. The first kappa shape index (κ1) is 19.3. The van der Waals surface area contributed by atoms with Crippen LogP contribution in [0.1, 0.15) is 37.4 Å². The fraction of sp³-hybridized carbons (Fsp3) is 0.333. The average molecular weight is 409 g/mol. The second-order valence-electron chi connectivity index (χ2n) is 6.98. The van der Waals surface area contributed by atoms with E-state index in [-0.39, 0.29) is 6.04 Å². The molecule has 0 spiro atoms. The highest BCUT2D eigenvalue weighted by Gasteiger charge is 2.17. The van der Waals surface area contributed by atoms with Crippen molar-refractivity contribution in [3.63, 3.8) is 0 Å². The summed E-state index contributed by atoms with van der Waals surface area (Å²) in [5.41, 5.74) is 7.42. The first-order valence-corrected chi connectivity index (χ1v) is 10.6. The number of rotatable bonds is 7. The van der Waals surface area contributed by atoms with Gasteiger partial charge in [0, 0.05) is 17.1 Å². The molecule has 0 aliphatic rings. The van der Waals surface area contributed by atoms with Crippen molar-refractivity contribution in [1.29, 1.82) is 0 Å². The van der Waals surface area contributed by atoms with Gasteiger partial charge in [-0.3, -0.25) is 4.68 Å². The van der Waals surface area contributed by atoms with Gasteiger partial charge < -0.3 is 10.1 Å². The molecule has 4 heterocycles. The van der Waals surface area contributed by atoms with E-state index < -0.39 is 0 Å². The van der Waals surface area contributed by atoms with E-state index in [0.717, 1.165) is 33.7 Å². The second kappa shape index (κ2) is 8.16. The van der Waals surface area contributed by atoms with Crippen LogP contribution in [0, 0.1) is 6.92 Å². The van der Waals surface area contributed by atoms with E-state index in [1.54, 1.807) is 17.5 Å². The number of thiazole rings is 1. The number of pyridine rings is 2. The summed E-state index contributed by atoms with van der Waals surface area (Å²) < 4.78 is 7.72. The number of hydrogen-bond donors (Lipinski definition) is 1. The molecular weight excluding hydrogens is 384 g/mol. The number of anilines is 1. The third kappa shape index (κ3) is 3.80. The Labute approximate surface area is 173 Å². The van der Waals surface area contributed by atoms with E-state index in [1.165, 1.54) is 4.88 Å². The minimum absolute atomic E-state index is 0.225. The van der Waals surface area contributed by atoms with E-state index in [1.807, 2.05) is 42.4 Å². The van der Waals surface area contributed by atoms with Gasteiger partial charge in [0.25, 0.3) is 0 Å². The van der Waals surface area contributed by atoms with Crippen molar-refractivity contribution in [3.8, 4) is 17.1 Å². The standard InChI is InChI=1S/C21H24N6OS/c1-5-28-21-15(7-6-8-22-21)16-9-17(23-11-19-14(4)24-12-29-19)20-18(26-16)10-25-27(20)13(2)3/h6-10,12-13H,5,11H2,1-4H3,(H,23,26). The number of aryl methyl sites for hydroxylation is 1. The number of aromatic nitrogens is 5. The molecule has 150 valence electrons. The largest absolute Gasteiger partial charge is 0.477 e. The van der Waals surface area contributed by atoms with E-state index in [9.17, 15) is 0 Å². The molecule has 0 atom stereocenters. The van der Waals surface area contributed by atoms with Crippen molar-refractivity contribution in [2.45, 2.75) is 40.3 Å². The van der Waals surface area contributed by atoms with Crippen LogP contribution in [0.15, 0.2) is 36.1 Å². The smallest absolute Gasteiger partial charge is 0.222 e. The van der Waals surface area contributed by atoms with E-state index in [2.05, 4.69) is 40.3 Å². The summed E-state index contributed by atoms with van der Waals surface area (Å²) >= 11 is 1.65. The van der Waals surface area contributed by atoms with Crippen LogP contribution in [0.5, 0.6) is 5.88 Å². The summed E-state index contributed by atoms with van der Waals surface area (Å²) in [7, 11) is 0. The topological polar surface area (TPSA) is 77.8 Å².